The lowest BCUT2D eigenvalue weighted by molar-refractivity contribution is -0.652. The SMILES string of the molecule is CCCCCCCCCCCCC[NH2+]CC.[OH-]. The fourth-order valence-corrected chi connectivity index (χ4v) is 2.16. The fraction of sp³-hybridized carbons (Fsp3) is 1.00. The van der Waals surface area contributed by atoms with E-state index in [4.69, 9.17) is 0 Å². The van der Waals surface area contributed by atoms with Crippen LogP contribution in [0.5, 0.6) is 0 Å². The smallest absolute Gasteiger partial charge is 0.0755 e. The van der Waals surface area contributed by atoms with E-state index >= 15 is 0 Å². The third kappa shape index (κ3) is 18.5. The molecule has 0 aliphatic heterocycles. The molecule has 2 heteroatoms. The van der Waals surface area contributed by atoms with Gasteiger partial charge in [0.15, 0.2) is 0 Å². The Bertz CT molecular complexity index is 103. The molecule has 106 valence electrons. The zero-order valence-corrected chi connectivity index (χ0v) is 12.2. The Labute approximate surface area is 109 Å². The maximum atomic E-state index is 2.41. The second kappa shape index (κ2) is 18.3. The van der Waals surface area contributed by atoms with Crippen LogP contribution >= 0.6 is 0 Å². The molecule has 3 N–H and O–H groups in total. The summed E-state index contributed by atoms with van der Waals surface area (Å²) in [5.74, 6) is 0. The quantitative estimate of drug-likeness (QED) is 0.494. The molecule has 2 nitrogen and oxygen atoms in total. The van der Waals surface area contributed by atoms with Crippen LogP contribution in [-0.2, 0) is 0 Å². The second-order valence-corrected chi connectivity index (χ2v) is 5.02. The minimum atomic E-state index is 0. The van der Waals surface area contributed by atoms with Crippen LogP contribution in [0.25, 0.3) is 0 Å². The molecule has 0 saturated heterocycles. The normalized spacial score (nSPS) is 10.2. The fourth-order valence-electron chi connectivity index (χ4n) is 2.16. The summed E-state index contributed by atoms with van der Waals surface area (Å²) in [7, 11) is 0. The third-order valence-corrected chi connectivity index (χ3v) is 3.30. The van der Waals surface area contributed by atoms with Gasteiger partial charge in [-0.2, -0.15) is 0 Å². The molecule has 0 rings (SSSR count). The molecule has 17 heavy (non-hydrogen) atoms. The summed E-state index contributed by atoms with van der Waals surface area (Å²) < 4.78 is 0. The van der Waals surface area contributed by atoms with E-state index in [0.717, 1.165) is 0 Å². The summed E-state index contributed by atoms with van der Waals surface area (Å²) in [6, 6.07) is 0. The molecule has 0 unspecified atom stereocenters. The average molecular weight is 245 g/mol. The van der Waals surface area contributed by atoms with Gasteiger partial charge in [-0.05, 0) is 19.8 Å². The van der Waals surface area contributed by atoms with E-state index in [-0.39, 0.29) is 5.48 Å². The molecule has 0 aliphatic carbocycles. The molecule has 0 heterocycles. The van der Waals surface area contributed by atoms with Crippen LogP contribution in [0.4, 0.5) is 0 Å². The summed E-state index contributed by atoms with van der Waals surface area (Å²) in [5.41, 5.74) is 0. The van der Waals surface area contributed by atoms with E-state index in [9.17, 15) is 0 Å². The molecule has 0 aliphatic rings. The first-order valence-electron chi connectivity index (χ1n) is 7.73. The Hall–Kier alpha value is -0.0800. The van der Waals surface area contributed by atoms with Gasteiger partial charge in [-0.15, -0.1) is 0 Å². The van der Waals surface area contributed by atoms with Gasteiger partial charge in [0.25, 0.3) is 0 Å². The van der Waals surface area contributed by atoms with E-state index < -0.39 is 0 Å². The number of hydrogen-bond donors (Lipinski definition) is 1. The van der Waals surface area contributed by atoms with Crippen molar-refractivity contribution < 1.29 is 10.8 Å². The van der Waals surface area contributed by atoms with Gasteiger partial charge in [0.1, 0.15) is 0 Å². The molecular formula is C15H35NO. The summed E-state index contributed by atoms with van der Waals surface area (Å²) in [4.78, 5) is 0. The molecule has 0 aromatic rings. The van der Waals surface area contributed by atoms with Gasteiger partial charge in [-0.1, -0.05) is 64.7 Å². The van der Waals surface area contributed by atoms with Crippen molar-refractivity contribution in [1.29, 1.82) is 0 Å². The van der Waals surface area contributed by atoms with Crippen LogP contribution in [0, 0.1) is 0 Å². The largest absolute Gasteiger partial charge is 0.870 e. The van der Waals surface area contributed by atoms with E-state index in [2.05, 4.69) is 19.2 Å². The topological polar surface area (TPSA) is 46.6 Å². The minimum Gasteiger partial charge on any atom is -0.870 e. The highest BCUT2D eigenvalue weighted by Crippen LogP contribution is 2.10. The first kappa shape index (κ1) is 19.3. The predicted molar refractivity (Wildman–Crippen MR) is 75.7 cm³/mol. The highest BCUT2D eigenvalue weighted by atomic mass is 16.0. The second-order valence-electron chi connectivity index (χ2n) is 5.02. The van der Waals surface area contributed by atoms with Crippen molar-refractivity contribution in [2.45, 2.75) is 84.5 Å². The standard InChI is InChI=1S/C15H33N.H2O/c1-3-5-6-7-8-9-10-11-12-13-14-15-16-4-2;/h16H,3-15H2,1-2H3;1H2. The van der Waals surface area contributed by atoms with Gasteiger partial charge in [-0.25, -0.2) is 0 Å². The zero-order chi connectivity index (χ0) is 11.9. The number of hydrogen-bond acceptors (Lipinski definition) is 1. The predicted octanol–water partition coefficient (Wildman–Crippen LogP) is 3.70. The van der Waals surface area contributed by atoms with E-state index in [0.29, 0.717) is 0 Å². The minimum absolute atomic E-state index is 0. The Kier molecular flexibility index (Phi) is 20.7. The van der Waals surface area contributed by atoms with Gasteiger partial charge < -0.3 is 10.8 Å². The maximum absolute atomic E-state index is 2.41. The lowest BCUT2D eigenvalue weighted by Crippen LogP contribution is -2.83. The van der Waals surface area contributed by atoms with Gasteiger partial charge in [0.2, 0.25) is 0 Å². The van der Waals surface area contributed by atoms with Gasteiger partial charge >= 0.3 is 0 Å². The Balaban J connectivity index is 0. The monoisotopic (exact) mass is 245 g/mol. The molecule has 0 atom stereocenters. The van der Waals surface area contributed by atoms with Crippen LogP contribution in [0.15, 0.2) is 0 Å². The van der Waals surface area contributed by atoms with Crippen LogP contribution in [0.1, 0.15) is 84.5 Å². The Morgan fingerprint density at radius 3 is 1.41 bits per heavy atom. The summed E-state index contributed by atoms with van der Waals surface area (Å²) in [6.07, 6.45) is 16.0. The first-order valence-corrected chi connectivity index (χ1v) is 7.73. The number of nitrogens with two attached hydrogens (primary N) is 1. The van der Waals surface area contributed by atoms with Gasteiger partial charge in [0, 0.05) is 0 Å². The van der Waals surface area contributed by atoms with Crippen molar-refractivity contribution in [2.75, 3.05) is 13.1 Å². The van der Waals surface area contributed by atoms with Crippen LogP contribution in [-0.4, -0.2) is 18.6 Å². The van der Waals surface area contributed by atoms with E-state index in [1.807, 2.05) is 0 Å². The molecular weight excluding hydrogens is 210 g/mol. The van der Waals surface area contributed by atoms with E-state index in [1.165, 1.54) is 83.7 Å². The highest BCUT2D eigenvalue weighted by molar-refractivity contribution is 4.47. The molecule has 0 saturated carbocycles. The van der Waals surface area contributed by atoms with Crippen LogP contribution < -0.4 is 5.32 Å². The Morgan fingerprint density at radius 2 is 1.00 bits per heavy atom. The zero-order valence-electron chi connectivity index (χ0n) is 12.2. The van der Waals surface area contributed by atoms with Crippen molar-refractivity contribution in [3.8, 4) is 0 Å². The lowest BCUT2D eigenvalue weighted by atomic mass is 10.1. The summed E-state index contributed by atoms with van der Waals surface area (Å²) in [6.45, 7) is 7.11. The van der Waals surface area contributed by atoms with Crippen molar-refractivity contribution in [1.82, 2.24) is 0 Å². The van der Waals surface area contributed by atoms with Crippen molar-refractivity contribution in [3.63, 3.8) is 0 Å². The number of unbranched alkanes of at least 4 members (excludes halogenated alkanes) is 10. The molecule has 0 fully saturated rings. The molecule has 0 radical (unpaired) electrons. The number of quaternary nitrogens is 1. The Morgan fingerprint density at radius 1 is 0.588 bits per heavy atom. The molecule has 0 bridgehead atoms. The van der Waals surface area contributed by atoms with Gasteiger partial charge in [-0.3, -0.25) is 0 Å². The van der Waals surface area contributed by atoms with Crippen molar-refractivity contribution in [3.05, 3.63) is 0 Å². The van der Waals surface area contributed by atoms with Gasteiger partial charge in [0.05, 0.1) is 13.1 Å². The summed E-state index contributed by atoms with van der Waals surface area (Å²) >= 11 is 0. The third-order valence-electron chi connectivity index (χ3n) is 3.30. The molecule has 0 spiro atoms. The van der Waals surface area contributed by atoms with Crippen LogP contribution in [0.2, 0.25) is 0 Å². The van der Waals surface area contributed by atoms with Crippen molar-refractivity contribution >= 4 is 0 Å². The molecule has 0 aromatic heterocycles. The highest BCUT2D eigenvalue weighted by Gasteiger charge is 1.93. The average Bonchev–Trinajstić information content (AvgIpc) is 2.31. The molecule has 0 aromatic carbocycles. The lowest BCUT2D eigenvalue weighted by Gasteiger charge is -2.02. The maximum Gasteiger partial charge on any atom is 0.0755 e. The number of rotatable bonds is 13. The first-order chi connectivity index (χ1) is 7.91. The molecule has 0 amide bonds. The van der Waals surface area contributed by atoms with Crippen molar-refractivity contribution in [2.24, 2.45) is 0 Å². The van der Waals surface area contributed by atoms with E-state index in [1.54, 1.807) is 0 Å². The van der Waals surface area contributed by atoms with Crippen LogP contribution in [0.3, 0.4) is 0 Å². The summed E-state index contributed by atoms with van der Waals surface area (Å²) in [5, 5.41) is 2.41.